The molecule has 0 aliphatic rings. The number of hydrogen-bond acceptors (Lipinski definition) is 6. The molecule has 0 aromatic carbocycles. The zero-order valence-corrected chi connectivity index (χ0v) is 43.4. The molecule has 0 saturated carbocycles. The molecule has 6 heteroatoms. The van der Waals surface area contributed by atoms with Crippen LogP contribution in [0.3, 0.4) is 0 Å². The molecular formula is C61H100O6. The van der Waals surface area contributed by atoms with Gasteiger partial charge in [-0.15, -0.1) is 0 Å². The second-order valence-electron chi connectivity index (χ2n) is 17.7. The number of hydrogen-bond donors (Lipinski definition) is 0. The van der Waals surface area contributed by atoms with Crippen LogP contribution in [0.15, 0.2) is 109 Å². The minimum absolute atomic E-state index is 0.103. The average molecular weight is 929 g/mol. The van der Waals surface area contributed by atoms with Gasteiger partial charge in [0.2, 0.25) is 0 Å². The highest BCUT2D eigenvalue weighted by atomic mass is 16.6. The van der Waals surface area contributed by atoms with Crippen LogP contribution in [0.25, 0.3) is 0 Å². The molecule has 0 spiro atoms. The first-order valence-corrected chi connectivity index (χ1v) is 27.4. The van der Waals surface area contributed by atoms with Crippen LogP contribution in [-0.4, -0.2) is 37.2 Å². The smallest absolute Gasteiger partial charge is 0.306 e. The Morgan fingerprint density at radius 3 is 0.940 bits per heavy atom. The van der Waals surface area contributed by atoms with Crippen molar-refractivity contribution < 1.29 is 28.6 Å². The normalized spacial score (nSPS) is 12.9. The maximum absolute atomic E-state index is 12.8. The maximum atomic E-state index is 12.8. The lowest BCUT2D eigenvalue weighted by Crippen LogP contribution is -2.30. The summed E-state index contributed by atoms with van der Waals surface area (Å²) in [5.74, 6) is -0.962. The number of carbonyl (C=O) groups excluding carboxylic acids is 3. The average Bonchev–Trinajstić information content (AvgIpc) is 3.33. The van der Waals surface area contributed by atoms with Crippen molar-refractivity contribution in [3.8, 4) is 0 Å². The maximum Gasteiger partial charge on any atom is 0.306 e. The molecule has 0 aliphatic carbocycles. The second-order valence-corrected chi connectivity index (χ2v) is 17.7. The molecular weight excluding hydrogens is 829 g/mol. The highest BCUT2D eigenvalue weighted by Gasteiger charge is 2.19. The molecule has 0 aliphatic heterocycles. The fourth-order valence-electron chi connectivity index (χ4n) is 7.18. The Bertz CT molecular complexity index is 1390. The van der Waals surface area contributed by atoms with Crippen LogP contribution in [0.2, 0.25) is 0 Å². The summed E-state index contributed by atoms with van der Waals surface area (Å²) in [6.45, 7) is 6.35. The van der Waals surface area contributed by atoms with Gasteiger partial charge in [-0.1, -0.05) is 207 Å². The van der Waals surface area contributed by atoms with E-state index in [1.807, 2.05) is 0 Å². The summed E-state index contributed by atoms with van der Waals surface area (Å²) in [5, 5.41) is 0. The number of esters is 3. The van der Waals surface area contributed by atoms with E-state index in [1.165, 1.54) is 51.4 Å². The van der Waals surface area contributed by atoms with Crippen molar-refractivity contribution in [1.82, 2.24) is 0 Å². The Morgan fingerprint density at radius 2 is 0.582 bits per heavy atom. The van der Waals surface area contributed by atoms with Crippen LogP contribution < -0.4 is 0 Å². The first-order valence-electron chi connectivity index (χ1n) is 27.4. The van der Waals surface area contributed by atoms with Crippen LogP contribution in [-0.2, 0) is 28.6 Å². The fourth-order valence-corrected chi connectivity index (χ4v) is 7.18. The molecule has 0 fully saturated rings. The van der Waals surface area contributed by atoms with E-state index < -0.39 is 6.10 Å². The number of unbranched alkanes of at least 4 members (excludes halogenated alkanes) is 19. The summed E-state index contributed by atoms with van der Waals surface area (Å²) in [6.07, 6.45) is 73.6. The molecule has 0 rings (SSSR count). The zero-order valence-electron chi connectivity index (χ0n) is 43.4. The predicted octanol–water partition coefficient (Wildman–Crippen LogP) is 18.3. The van der Waals surface area contributed by atoms with Crippen molar-refractivity contribution >= 4 is 17.9 Å². The van der Waals surface area contributed by atoms with Crippen LogP contribution in [0.4, 0.5) is 0 Å². The van der Waals surface area contributed by atoms with Gasteiger partial charge < -0.3 is 14.2 Å². The van der Waals surface area contributed by atoms with E-state index in [0.717, 1.165) is 148 Å². The molecule has 0 saturated heterocycles. The van der Waals surface area contributed by atoms with Crippen molar-refractivity contribution in [1.29, 1.82) is 0 Å². The summed E-state index contributed by atoms with van der Waals surface area (Å²) >= 11 is 0. The molecule has 1 unspecified atom stereocenters. The first kappa shape index (κ1) is 63.1. The standard InChI is InChI=1S/C61H100O6/c1-4-7-10-13-16-19-22-25-28-29-30-31-34-36-39-42-45-48-51-54-60(63)66-57-58(67-61(64)55-52-49-46-43-40-37-33-27-24-21-18-15-12-9-6-3)56-65-59(62)53-50-47-44-41-38-35-32-26-23-20-17-14-11-8-5-2/h7-8,10-11,16-17,19-20,25-28,30-33,36,39,58H,4-6,9,12-15,18,21-24,29,34-35,37-38,40-57H2,1-3H3. The van der Waals surface area contributed by atoms with Crippen LogP contribution >= 0.6 is 0 Å². The van der Waals surface area contributed by atoms with Gasteiger partial charge >= 0.3 is 17.9 Å². The van der Waals surface area contributed by atoms with Crippen molar-refractivity contribution in [2.45, 2.75) is 245 Å². The van der Waals surface area contributed by atoms with Crippen molar-refractivity contribution in [3.05, 3.63) is 109 Å². The molecule has 0 heterocycles. The molecule has 0 aromatic rings. The minimum atomic E-state index is -0.805. The van der Waals surface area contributed by atoms with Gasteiger partial charge in [-0.25, -0.2) is 0 Å². The summed E-state index contributed by atoms with van der Waals surface area (Å²) in [6, 6.07) is 0. The van der Waals surface area contributed by atoms with Crippen LogP contribution in [0.1, 0.15) is 239 Å². The van der Waals surface area contributed by atoms with E-state index in [2.05, 4.69) is 130 Å². The van der Waals surface area contributed by atoms with Crippen molar-refractivity contribution in [2.24, 2.45) is 0 Å². The fraction of sp³-hybridized carbons (Fsp3) is 0.656. The van der Waals surface area contributed by atoms with Gasteiger partial charge in [0, 0.05) is 19.3 Å². The third-order valence-corrected chi connectivity index (χ3v) is 11.2. The van der Waals surface area contributed by atoms with E-state index in [4.69, 9.17) is 14.2 Å². The SMILES string of the molecule is CCC=CCC=CCC=CCC=CCC=CCCCCCC(=O)OCC(COC(=O)CCCCCCCC=CCC=CCC=CCC)OC(=O)CCCCCCCC=CCCCCCCCC. The summed E-state index contributed by atoms with van der Waals surface area (Å²) in [5.41, 5.74) is 0. The van der Waals surface area contributed by atoms with Crippen molar-refractivity contribution in [3.63, 3.8) is 0 Å². The lowest BCUT2D eigenvalue weighted by Gasteiger charge is -2.18. The van der Waals surface area contributed by atoms with Gasteiger partial charge in [0.1, 0.15) is 13.2 Å². The lowest BCUT2D eigenvalue weighted by molar-refractivity contribution is -0.167. The lowest BCUT2D eigenvalue weighted by atomic mass is 10.1. The van der Waals surface area contributed by atoms with Gasteiger partial charge in [-0.05, 0) is 122 Å². The molecule has 0 N–H and O–H groups in total. The van der Waals surface area contributed by atoms with Gasteiger partial charge in [0.15, 0.2) is 6.10 Å². The molecule has 0 radical (unpaired) electrons. The Hall–Kier alpha value is -3.93. The Kier molecular flexibility index (Phi) is 51.5. The highest BCUT2D eigenvalue weighted by molar-refractivity contribution is 5.71. The zero-order chi connectivity index (χ0) is 48.6. The topological polar surface area (TPSA) is 78.9 Å². The third kappa shape index (κ3) is 52.9. The molecule has 380 valence electrons. The molecule has 0 amide bonds. The first-order chi connectivity index (χ1) is 33.0. The van der Waals surface area contributed by atoms with Gasteiger partial charge in [0.25, 0.3) is 0 Å². The number of rotatable bonds is 48. The molecule has 67 heavy (non-hydrogen) atoms. The number of carbonyl (C=O) groups is 3. The second kappa shape index (κ2) is 54.7. The van der Waals surface area contributed by atoms with Crippen LogP contribution in [0, 0.1) is 0 Å². The Labute approximate surface area is 412 Å². The van der Waals surface area contributed by atoms with Gasteiger partial charge in [0.05, 0.1) is 0 Å². The Balaban J connectivity index is 4.50. The highest BCUT2D eigenvalue weighted by Crippen LogP contribution is 2.13. The summed E-state index contributed by atoms with van der Waals surface area (Å²) in [4.78, 5) is 38.1. The summed E-state index contributed by atoms with van der Waals surface area (Å²) in [7, 11) is 0. The number of ether oxygens (including phenoxy) is 3. The van der Waals surface area contributed by atoms with Crippen molar-refractivity contribution in [2.75, 3.05) is 13.2 Å². The van der Waals surface area contributed by atoms with E-state index >= 15 is 0 Å². The third-order valence-electron chi connectivity index (χ3n) is 11.2. The molecule has 0 bridgehead atoms. The minimum Gasteiger partial charge on any atom is -0.462 e. The predicted molar refractivity (Wildman–Crippen MR) is 288 cm³/mol. The van der Waals surface area contributed by atoms with E-state index in [-0.39, 0.29) is 31.1 Å². The quantitative estimate of drug-likeness (QED) is 0.0262. The van der Waals surface area contributed by atoms with Crippen LogP contribution in [0.5, 0.6) is 0 Å². The van der Waals surface area contributed by atoms with Gasteiger partial charge in [-0.3, -0.25) is 14.4 Å². The largest absolute Gasteiger partial charge is 0.462 e. The van der Waals surface area contributed by atoms with Gasteiger partial charge in [-0.2, -0.15) is 0 Å². The molecule has 0 aromatic heterocycles. The van der Waals surface area contributed by atoms with E-state index in [9.17, 15) is 14.4 Å². The molecule has 1 atom stereocenters. The van der Waals surface area contributed by atoms with E-state index in [1.54, 1.807) is 0 Å². The summed E-state index contributed by atoms with van der Waals surface area (Å²) < 4.78 is 16.8. The van der Waals surface area contributed by atoms with E-state index in [0.29, 0.717) is 19.3 Å². The number of allylic oxidation sites excluding steroid dienone is 18. The Morgan fingerprint density at radius 1 is 0.313 bits per heavy atom. The monoisotopic (exact) mass is 929 g/mol. The molecule has 6 nitrogen and oxygen atoms in total.